The van der Waals surface area contributed by atoms with Gasteiger partial charge in [-0.3, -0.25) is 4.79 Å². The van der Waals surface area contributed by atoms with Gasteiger partial charge in [-0.1, -0.05) is 6.42 Å². The number of amides is 1. The molecule has 2 bridgehead atoms. The summed E-state index contributed by atoms with van der Waals surface area (Å²) < 4.78 is 1.90. The van der Waals surface area contributed by atoms with E-state index in [4.69, 9.17) is 0 Å². The summed E-state index contributed by atoms with van der Waals surface area (Å²) in [5.41, 5.74) is 5.09. The van der Waals surface area contributed by atoms with E-state index in [0.717, 1.165) is 46.5 Å². The Hall–Kier alpha value is -1.91. The lowest BCUT2D eigenvalue weighted by atomic mass is 9.84. The highest BCUT2D eigenvalue weighted by Crippen LogP contribution is 2.49. The lowest BCUT2D eigenvalue weighted by molar-refractivity contribution is -0.122. The molecule has 0 aliphatic heterocycles. The lowest BCUT2D eigenvalue weighted by Crippen LogP contribution is -2.40. The number of hydrogen-bond acceptors (Lipinski definition) is 3. The van der Waals surface area contributed by atoms with Gasteiger partial charge in [-0.05, 0) is 76.7 Å². The molecule has 1 amide bonds. The minimum Gasteiger partial charge on any atom is -0.353 e. The third-order valence-electron chi connectivity index (χ3n) is 6.71. The van der Waals surface area contributed by atoms with E-state index in [0.29, 0.717) is 18.4 Å². The summed E-state index contributed by atoms with van der Waals surface area (Å²) in [6.45, 7) is 8.27. The molecule has 2 fully saturated rings. The summed E-state index contributed by atoms with van der Waals surface area (Å²) in [6, 6.07) is 2.29. The van der Waals surface area contributed by atoms with Crippen molar-refractivity contribution >= 4 is 11.6 Å². The van der Waals surface area contributed by atoms with Crippen LogP contribution in [0.15, 0.2) is 6.07 Å². The first-order valence-electron chi connectivity index (χ1n) is 10.0. The highest BCUT2D eigenvalue weighted by Gasteiger charge is 2.42. The maximum absolute atomic E-state index is 12.5. The fraction of sp³-hybridized carbons (Fsp3) is 0.667. The SMILES string of the molecule is Cc1cc2nc(C)c(CCC(=O)NC(C)C3CC4CCC3C4)c(C)n2n1. The highest BCUT2D eigenvalue weighted by atomic mass is 16.1. The van der Waals surface area contributed by atoms with Gasteiger partial charge in [0, 0.05) is 29.9 Å². The van der Waals surface area contributed by atoms with Gasteiger partial charge in [-0.2, -0.15) is 5.10 Å². The molecular formula is C21H30N4O. The van der Waals surface area contributed by atoms with Crippen molar-refractivity contribution in [2.75, 3.05) is 0 Å². The van der Waals surface area contributed by atoms with Crippen LogP contribution in [0.2, 0.25) is 0 Å². The third kappa shape index (κ3) is 3.12. The molecule has 0 spiro atoms. The number of aromatic nitrogens is 3. The second kappa shape index (κ2) is 6.67. The maximum Gasteiger partial charge on any atom is 0.220 e. The first kappa shape index (κ1) is 17.5. The van der Waals surface area contributed by atoms with Crippen LogP contribution in [-0.4, -0.2) is 26.5 Å². The van der Waals surface area contributed by atoms with Gasteiger partial charge in [-0.25, -0.2) is 9.50 Å². The van der Waals surface area contributed by atoms with E-state index in [-0.39, 0.29) is 5.91 Å². The van der Waals surface area contributed by atoms with Crippen LogP contribution in [0.25, 0.3) is 5.65 Å². The van der Waals surface area contributed by atoms with Crippen molar-refractivity contribution in [3.05, 3.63) is 28.7 Å². The topological polar surface area (TPSA) is 59.3 Å². The van der Waals surface area contributed by atoms with Crippen molar-refractivity contribution in [1.29, 1.82) is 0 Å². The van der Waals surface area contributed by atoms with Gasteiger partial charge in [0.1, 0.15) is 0 Å². The Morgan fingerprint density at radius 3 is 2.81 bits per heavy atom. The standard InChI is InChI=1S/C21H30N4O/c1-12-9-20-22-13(2)18(15(4)25(20)24-12)7-8-21(26)23-14(3)19-11-16-5-6-17(19)10-16/h9,14,16-17,19H,5-8,10-11H2,1-4H3,(H,23,26). The van der Waals surface area contributed by atoms with Crippen LogP contribution in [0.3, 0.4) is 0 Å². The van der Waals surface area contributed by atoms with Crippen molar-refractivity contribution in [2.24, 2.45) is 17.8 Å². The van der Waals surface area contributed by atoms with Gasteiger partial charge >= 0.3 is 0 Å². The lowest BCUT2D eigenvalue weighted by Gasteiger charge is -2.28. The molecule has 1 N–H and O–H groups in total. The molecular weight excluding hydrogens is 324 g/mol. The number of hydrogen-bond donors (Lipinski definition) is 1. The van der Waals surface area contributed by atoms with Gasteiger partial charge in [0.15, 0.2) is 5.65 Å². The molecule has 2 aromatic heterocycles. The summed E-state index contributed by atoms with van der Waals surface area (Å²) in [4.78, 5) is 17.2. The number of nitrogens with one attached hydrogen (secondary N) is 1. The zero-order chi connectivity index (χ0) is 18.4. The minimum atomic E-state index is 0.163. The Balaban J connectivity index is 1.39. The van der Waals surface area contributed by atoms with Crippen LogP contribution < -0.4 is 5.32 Å². The number of aryl methyl sites for hydroxylation is 3. The fourth-order valence-electron chi connectivity index (χ4n) is 5.38. The molecule has 5 nitrogen and oxygen atoms in total. The molecule has 2 heterocycles. The average molecular weight is 354 g/mol. The van der Waals surface area contributed by atoms with E-state index in [2.05, 4.69) is 29.2 Å². The second-order valence-corrected chi connectivity index (χ2v) is 8.51. The van der Waals surface area contributed by atoms with E-state index in [1.807, 2.05) is 24.4 Å². The van der Waals surface area contributed by atoms with Crippen molar-refractivity contribution < 1.29 is 4.79 Å². The second-order valence-electron chi connectivity index (χ2n) is 8.51. The monoisotopic (exact) mass is 354 g/mol. The van der Waals surface area contributed by atoms with Crippen molar-refractivity contribution in [2.45, 2.75) is 72.3 Å². The summed E-state index contributed by atoms with van der Waals surface area (Å²) in [5.74, 6) is 2.61. The zero-order valence-electron chi connectivity index (χ0n) is 16.4. The molecule has 2 saturated carbocycles. The van der Waals surface area contributed by atoms with E-state index in [1.165, 1.54) is 25.7 Å². The Bertz CT molecular complexity index is 840. The maximum atomic E-state index is 12.5. The molecule has 4 unspecified atom stereocenters. The molecule has 0 saturated heterocycles. The first-order valence-corrected chi connectivity index (χ1v) is 10.0. The molecule has 0 aromatic carbocycles. The largest absolute Gasteiger partial charge is 0.353 e. The third-order valence-corrected chi connectivity index (χ3v) is 6.71. The predicted molar refractivity (Wildman–Crippen MR) is 102 cm³/mol. The molecule has 140 valence electrons. The van der Waals surface area contributed by atoms with E-state index < -0.39 is 0 Å². The van der Waals surface area contributed by atoms with Gasteiger partial charge < -0.3 is 5.32 Å². The summed E-state index contributed by atoms with van der Waals surface area (Å²) >= 11 is 0. The molecule has 5 heteroatoms. The minimum absolute atomic E-state index is 0.163. The van der Waals surface area contributed by atoms with E-state index in [1.54, 1.807) is 0 Å². The van der Waals surface area contributed by atoms with Crippen molar-refractivity contribution in [1.82, 2.24) is 19.9 Å². The van der Waals surface area contributed by atoms with Crippen LogP contribution in [-0.2, 0) is 11.2 Å². The Morgan fingerprint density at radius 2 is 2.12 bits per heavy atom. The summed E-state index contributed by atoms with van der Waals surface area (Å²) in [5, 5.41) is 7.79. The molecule has 26 heavy (non-hydrogen) atoms. The van der Waals surface area contributed by atoms with Crippen LogP contribution in [0.1, 0.15) is 61.7 Å². The zero-order valence-corrected chi connectivity index (χ0v) is 16.4. The van der Waals surface area contributed by atoms with Crippen LogP contribution in [0.5, 0.6) is 0 Å². The van der Waals surface area contributed by atoms with Crippen LogP contribution in [0.4, 0.5) is 0 Å². The number of nitrogens with zero attached hydrogens (tertiary/aromatic N) is 3. The van der Waals surface area contributed by atoms with Gasteiger partial charge in [0.05, 0.1) is 5.69 Å². The number of rotatable bonds is 5. The number of carbonyl (C=O) groups excluding carboxylic acids is 1. The van der Waals surface area contributed by atoms with Crippen LogP contribution in [0, 0.1) is 38.5 Å². The van der Waals surface area contributed by atoms with E-state index >= 15 is 0 Å². The quantitative estimate of drug-likeness (QED) is 0.893. The van der Waals surface area contributed by atoms with Gasteiger partial charge in [0.25, 0.3) is 0 Å². The molecule has 4 rings (SSSR count). The average Bonchev–Trinajstić information content (AvgIpc) is 3.29. The molecule has 2 aliphatic rings. The Morgan fingerprint density at radius 1 is 1.31 bits per heavy atom. The molecule has 4 atom stereocenters. The Labute approximate surface area is 155 Å². The molecule has 2 aliphatic carbocycles. The number of carbonyl (C=O) groups is 1. The van der Waals surface area contributed by atoms with Crippen molar-refractivity contribution in [3.8, 4) is 0 Å². The van der Waals surface area contributed by atoms with Crippen LogP contribution >= 0.6 is 0 Å². The predicted octanol–water partition coefficient (Wildman–Crippen LogP) is 3.53. The van der Waals surface area contributed by atoms with Crippen molar-refractivity contribution in [3.63, 3.8) is 0 Å². The van der Waals surface area contributed by atoms with Gasteiger partial charge in [0.2, 0.25) is 5.91 Å². The number of fused-ring (bicyclic) bond motifs is 3. The molecule has 0 radical (unpaired) electrons. The summed E-state index contributed by atoms with van der Waals surface area (Å²) in [6.07, 6.45) is 6.70. The highest BCUT2D eigenvalue weighted by molar-refractivity contribution is 5.76. The van der Waals surface area contributed by atoms with Gasteiger partial charge in [-0.15, -0.1) is 0 Å². The fourth-order valence-corrected chi connectivity index (χ4v) is 5.38. The Kier molecular flexibility index (Phi) is 4.49. The molecule has 2 aromatic rings. The first-order chi connectivity index (χ1) is 12.4. The smallest absolute Gasteiger partial charge is 0.220 e. The normalized spacial score (nSPS) is 25.8. The van der Waals surface area contributed by atoms with E-state index in [9.17, 15) is 4.79 Å². The summed E-state index contributed by atoms with van der Waals surface area (Å²) in [7, 11) is 0.